The van der Waals surface area contributed by atoms with E-state index in [9.17, 15) is 0 Å². The summed E-state index contributed by atoms with van der Waals surface area (Å²) in [6, 6.07) is 3.79. The zero-order chi connectivity index (χ0) is 13.2. The highest BCUT2D eigenvalue weighted by Gasteiger charge is 2.20. The number of aromatic nitrogens is 3. The molecule has 0 radical (unpaired) electrons. The van der Waals surface area contributed by atoms with Crippen LogP contribution in [0.3, 0.4) is 0 Å². The second kappa shape index (κ2) is 5.17. The Balaban J connectivity index is 1.74. The van der Waals surface area contributed by atoms with E-state index in [0.29, 0.717) is 5.92 Å². The van der Waals surface area contributed by atoms with E-state index < -0.39 is 0 Å². The van der Waals surface area contributed by atoms with Crippen molar-refractivity contribution >= 4 is 11.3 Å². The summed E-state index contributed by atoms with van der Waals surface area (Å²) in [6.07, 6.45) is 5.37. The predicted molar refractivity (Wildman–Crippen MR) is 75.9 cm³/mol. The molecule has 3 rings (SSSR count). The van der Waals surface area contributed by atoms with Crippen molar-refractivity contribution < 1.29 is 0 Å². The van der Waals surface area contributed by atoms with Crippen LogP contribution in [0.15, 0.2) is 18.3 Å². The van der Waals surface area contributed by atoms with Crippen LogP contribution in [-0.4, -0.2) is 39.1 Å². The maximum Gasteiger partial charge on any atom is 0.155 e. The molecule has 2 aromatic rings. The van der Waals surface area contributed by atoms with Gasteiger partial charge in [-0.2, -0.15) is 5.10 Å². The molecule has 102 valence electrons. The van der Waals surface area contributed by atoms with Gasteiger partial charge in [-0.1, -0.05) is 6.92 Å². The lowest BCUT2D eigenvalue weighted by atomic mass is 9.94. The average Bonchev–Trinajstić information content (AvgIpc) is 2.80. The molecule has 1 saturated heterocycles. The van der Waals surface area contributed by atoms with Gasteiger partial charge in [0, 0.05) is 13.0 Å². The molecule has 0 amide bonds. The molecule has 0 saturated carbocycles. The highest BCUT2D eigenvalue weighted by molar-refractivity contribution is 5.46. The Morgan fingerprint density at radius 3 is 3.16 bits per heavy atom. The number of rotatable bonds is 3. The molecule has 1 aliphatic rings. The standard InChI is InChI=1S/C14H21N5/c1-2-18-7-3-4-11(9-18)8-13-16-14-6-5-12(15)10-19(14)17-13/h5-6,10-11H,2-4,7-9,15H2,1H3. The molecule has 0 bridgehead atoms. The first kappa shape index (κ1) is 12.4. The highest BCUT2D eigenvalue weighted by atomic mass is 15.3. The van der Waals surface area contributed by atoms with Crippen molar-refractivity contribution in [1.82, 2.24) is 19.5 Å². The van der Waals surface area contributed by atoms with Crippen LogP contribution in [0.25, 0.3) is 5.65 Å². The molecular formula is C14H21N5. The van der Waals surface area contributed by atoms with Crippen LogP contribution >= 0.6 is 0 Å². The largest absolute Gasteiger partial charge is 0.397 e. The van der Waals surface area contributed by atoms with Gasteiger partial charge < -0.3 is 10.6 Å². The van der Waals surface area contributed by atoms with Gasteiger partial charge in [0.25, 0.3) is 0 Å². The van der Waals surface area contributed by atoms with E-state index in [1.165, 1.54) is 25.9 Å². The minimum Gasteiger partial charge on any atom is -0.397 e. The zero-order valence-corrected chi connectivity index (χ0v) is 11.4. The first-order valence-corrected chi connectivity index (χ1v) is 7.07. The number of nitrogens with two attached hydrogens (primary N) is 1. The van der Waals surface area contributed by atoms with Gasteiger partial charge in [-0.05, 0) is 44.0 Å². The van der Waals surface area contributed by atoms with E-state index in [1.807, 2.05) is 18.3 Å². The Morgan fingerprint density at radius 2 is 2.32 bits per heavy atom. The Kier molecular flexibility index (Phi) is 3.38. The van der Waals surface area contributed by atoms with Gasteiger partial charge in [0.05, 0.1) is 11.9 Å². The maximum atomic E-state index is 5.76. The van der Waals surface area contributed by atoms with Crippen LogP contribution < -0.4 is 5.73 Å². The summed E-state index contributed by atoms with van der Waals surface area (Å²) in [5.41, 5.74) is 7.36. The Morgan fingerprint density at radius 1 is 1.42 bits per heavy atom. The molecule has 1 aliphatic heterocycles. The summed E-state index contributed by atoms with van der Waals surface area (Å²) in [5.74, 6) is 1.62. The number of likely N-dealkylation sites (tertiary alicyclic amines) is 1. The van der Waals surface area contributed by atoms with Gasteiger partial charge in [0.2, 0.25) is 0 Å². The predicted octanol–water partition coefficient (Wildman–Crippen LogP) is 1.59. The topological polar surface area (TPSA) is 59.5 Å². The summed E-state index contributed by atoms with van der Waals surface area (Å²) >= 11 is 0. The number of pyridine rings is 1. The molecule has 0 aliphatic carbocycles. The van der Waals surface area contributed by atoms with Crippen LogP contribution in [0.4, 0.5) is 5.69 Å². The van der Waals surface area contributed by atoms with Gasteiger partial charge in [-0.15, -0.1) is 0 Å². The lowest BCUT2D eigenvalue weighted by Gasteiger charge is -2.31. The number of hydrogen-bond acceptors (Lipinski definition) is 4. The van der Waals surface area contributed by atoms with Crippen molar-refractivity contribution in [3.8, 4) is 0 Å². The van der Waals surface area contributed by atoms with E-state index in [2.05, 4.69) is 21.9 Å². The van der Waals surface area contributed by atoms with Gasteiger partial charge in [0.15, 0.2) is 11.5 Å². The normalized spacial score (nSPS) is 21.0. The Labute approximate surface area is 113 Å². The average molecular weight is 259 g/mol. The second-order valence-corrected chi connectivity index (χ2v) is 5.40. The first-order valence-electron chi connectivity index (χ1n) is 7.07. The number of fused-ring (bicyclic) bond motifs is 1. The first-order chi connectivity index (χ1) is 9.24. The monoisotopic (exact) mass is 259 g/mol. The lowest BCUT2D eigenvalue weighted by molar-refractivity contribution is 0.181. The van der Waals surface area contributed by atoms with Crippen LogP contribution in [0.1, 0.15) is 25.6 Å². The molecule has 1 atom stereocenters. The SMILES string of the molecule is CCN1CCCC(Cc2nc3ccc(N)cn3n2)C1. The number of nitrogens with zero attached hydrogens (tertiary/aromatic N) is 4. The maximum absolute atomic E-state index is 5.76. The number of nitrogen functional groups attached to an aromatic ring is 1. The second-order valence-electron chi connectivity index (χ2n) is 5.40. The van der Waals surface area contributed by atoms with Crippen LogP contribution in [0.2, 0.25) is 0 Å². The van der Waals surface area contributed by atoms with Crippen molar-refractivity contribution in [2.45, 2.75) is 26.2 Å². The van der Waals surface area contributed by atoms with Gasteiger partial charge in [0.1, 0.15) is 0 Å². The van der Waals surface area contributed by atoms with Crippen molar-refractivity contribution in [2.24, 2.45) is 5.92 Å². The Hall–Kier alpha value is -1.62. The lowest BCUT2D eigenvalue weighted by Crippen LogP contribution is -2.36. The zero-order valence-electron chi connectivity index (χ0n) is 11.4. The molecule has 2 N–H and O–H groups in total. The van der Waals surface area contributed by atoms with Gasteiger partial charge in [-0.25, -0.2) is 9.50 Å². The summed E-state index contributed by atoms with van der Waals surface area (Å²) in [5, 5.41) is 4.53. The molecule has 5 heteroatoms. The van der Waals surface area contributed by atoms with Crippen LogP contribution in [0.5, 0.6) is 0 Å². The Bertz CT molecular complexity index is 562. The molecule has 2 aromatic heterocycles. The molecule has 1 unspecified atom stereocenters. The van der Waals surface area contributed by atoms with E-state index in [4.69, 9.17) is 5.73 Å². The van der Waals surface area contributed by atoms with E-state index in [-0.39, 0.29) is 0 Å². The van der Waals surface area contributed by atoms with Crippen molar-refractivity contribution in [3.63, 3.8) is 0 Å². The summed E-state index contributed by atoms with van der Waals surface area (Å²) < 4.78 is 1.78. The fourth-order valence-corrected chi connectivity index (χ4v) is 2.89. The van der Waals surface area contributed by atoms with Crippen LogP contribution in [-0.2, 0) is 6.42 Å². The van der Waals surface area contributed by atoms with E-state index >= 15 is 0 Å². The third-order valence-corrected chi connectivity index (χ3v) is 3.92. The van der Waals surface area contributed by atoms with Crippen molar-refractivity contribution in [1.29, 1.82) is 0 Å². The summed E-state index contributed by atoms with van der Waals surface area (Å²) in [6.45, 7) is 5.79. The summed E-state index contributed by atoms with van der Waals surface area (Å²) in [4.78, 5) is 7.09. The molecule has 19 heavy (non-hydrogen) atoms. The van der Waals surface area contributed by atoms with Gasteiger partial charge >= 0.3 is 0 Å². The smallest absolute Gasteiger partial charge is 0.155 e. The van der Waals surface area contributed by atoms with Crippen molar-refractivity contribution in [3.05, 3.63) is 24.2 Å². The number of anilines is 1. The fourth-order valence-electron chi connectivity index (χ4n) is 2.89. The molecule has 0 spiro atoms. The molecule has 0 aromatic carbocycles. The van der Waals surface area contributed by atoms with Crippen LogP contribution in [0, 0.1) is 5.92 Å². The third kappa shape index (κ3) is 2.71. The summed E-state index contributed by atoms with van der Waals surface area (Å²) in [7, 11) is 0. The van der Waals surface area contributed by atoms with E-state index in [1.54, 1.807) is 4.52 Å². The fraction of sp³-hybridized carbons (Fsp3) is 0.571. The van der Waals surface area contributed by atoms with Gasteiger partial charge in [-0.3, -0.25) is 0 Å². The highest BCUT2D eigenvalue weighted by Crippen LogP contribution is 2.19. The van der Waals surface area contributed by atoms with E-state index in [0.717, 1.165) is 30.1 Å². The number of piperidine rings is 1. The minimum atomic E-state index is 0.684. The van der Waals surface area contributed by atoms with Crippen molar-refractivity contribution in [2.75, 3.05) is 25.4 Å². The molecule has 5 nitrogen and oxygen atoms in total. The quantitative estimate of drug-likeness (QED) is 0.909. The third-order valence-electron chi connectivity index (χ3n) is 3.92. The minimum absolute atomic E-state index is 0.684. The number of hydrogen-bond donors (Lipinski definition) is 1. The molecule has 1 fully saturated rings. The molecule has 3 heterocycles. The molecular weight excluding hydrogens is 238 g/mol.